The lowest BCUT2D eigenvalue weighted by molar-refractivity contribution is 0.570. The fourth-order valence-corrected chi connectivity index (χ4v) is 1.54. The van der Waals surface area contributed by atoms with Crippen molar-refractivity contribution >= 4 is 0 Å². The highest BCUT2D eigenvalue weighted by atomic mass is 19.1. The molecule has 0 heterocycles. The lowest BCUT2D eigenvalue weighted by atomic mass is 10.1. The van der Waals surface area contributed by atoms with Gasteiger partial charge in [0.1, 0.15) is 5.82 Å². The summed E-state index contributed by atoms with van der Waals surface area (Å²) in [6.07, 6.45) is 2.21. The van der Waals surface area contributed by atoms with Gasteiger partial charge in [0.2, 0.25) is 0 Å². The molecule has 0 spiro atoms. The molecule has 12 heavy (non-hydrogen) atoms. The molecular weight excluding hydrogens is 153 g/mol. The molecule has 0 amide bonds. The van der Waals surface area contributed by atoms with E-state index in [2.05, 4.69) is 11.4 Å². The minimum atomic E-state index is -0.269. The Balaban J connectivity index is 2.34. The largest absolute Gasteiger partial charge is 0.310 e. The predicted molar refractivity (Wildman–Crippen MR) is 45.2 cm³/mol. The van der Waals surface area contributed by atoms with Crippen molar-refractivity contribution < 1.29 is 4.39 Å². The zero-order valence-corrected chi connectivity index (χ0v) is 7.02. The Morgan fingerprint density at radius 3 is 2.83 bits per heavy atom. The maximum Gasteiger partial charge on any atom is 0.131 e. The molecule has 0 aliphatic heterocycles. The summed E-state index contributed by atoms with van der Waals surface area (Å²) < 4.78 is 12.8. The number of benzene rings is 1. The molecule has 0 unspecified atom stereocenters. The summed E-state index contributed by atoms with van der Waals surface area (Å²) >= 11 is 0. The van der Waals surface area contributed by atoms with Crippen LogP contribution in [0.4, 0.5) is 4.39 Å². The molecule has 2 heteroatoms. The van der Waals surface area contributed by atoms with E-state index in [9.17, 15) is 4.39 Å². The normalized spacial score (nSPS) is 19.2. The lowest BCUT2D eigenvalue weighted by Crippen LogP contribution is -2.24. The van der Waals surface area contributed by atoms with Gasteiger partial charge in [0.05, 0.1) is 0 Å². The van der Waals surface area contributed by atoms with E-state index in [0.717, 1.165) is 18.4 Å². The van der Waals surface area contributed by atoms with Crippen molar-refractivity contribution in [3.8, 4) is 0 Å². The SMILES string of the molecule is CNC1(c2cc[c]c(F)c2)CC1. The average molecular weight is 164 g/mol. The molecule has 1 aliphatic carbocycles. The van der Waals surface area contributed by atoms with Gasteiger partial charge in [-0.2, -0.15) is 0 Å². The van der Waals surface area contributed by atoms with Crippen molar-refractivity contribution in [2.75, 3.05) is 7.05 Å². The van der Waals surface area contributed by atoms with E-state index in [-0.39, 0.29) is 11.4 Å². The predicted octanol–water partition coefficient (Wildman–Crippen LogP) is 1.83. The Kier molecular flexibility index (Phi) is 1.65. The van der Waals surface area contributed by atoms with Gasteiger partial charge in [0.25, 0.3) is 0 Å². The first kappa shape index (κ1) is 7.74. The molecule has 0 atom stereocenters. The third-order valence-electron chi connectivity index (χ3n) is 2.55. The van der Waals surface area contributed by atoms with Crippen molar-refractivity contribution in [3.63, 3.8) is 0 Å². The Morgan fingerprint density at radius 2 is 2.33 bits per heavy atom. The third-order valence-corrected chi connectivity index (χ3v) is 2.55. The monoisotopic (exact) mass is 164 g/mol. The summed E-state index contributed by atoms with van der Waals surface area (Å²) in [5.74, 6) is -0.269. The second kappa shape index (κ2) is 2.56. The molecule has 1 radical (unpaired) electrons. The third kappa shape index (κ3) is 1.12. The van der Waals surface area contributed by atoms with E-state index in [1.807, 2.05) is 13.1 Å². The van der Waals surface area contributed by atoms with Crippen LogP contribution in [0.25, 0.3) is 0 Å². The van der Waals surface area contributed by atoms with Crippen LogP contribution in [0.5, 0.6) is 0 Å². The van der Waals surface area contributed by atoms with Gasteiger partial charge >= 0.3 is 0 Å². The van der Waals surface area contributed by atoms with Crippen molar-refractivity contribution in [1.82, 2.24) is 5.32 Å². The van der Waals surface area contributed by atoms with Gasteiger partial charge in [0, 0.05) is 11.6 Å². The maximum atomic E-state index is 12.8. The van der Waals surface area contributed by atoms with Crippen LogP contribution in [0, 0.1) is 11.9 Å². The van der Waals surface area contributed by atoms with E-state index < -0.39 is 0 Å². The standard InChI is InChI=1S/C10H11FN/c1-12-10(5-6-10)8-3-2-4-9(11)7-8/h2-3,7,12H,5-6H2,1H3. The first-order valence-corrected chi connectivity index (χ1v) is 4.13. The van der Waals surface area contributed by atoms with Crippen LogP contribution < -0.4 is 5.32 Å². The molecule has 0 bridgehead atoms. The van der Waals surface area contributed by atoms with Gasteiger partial charge in [-0.25, -0.2) is 4.39 Å². The highest BCUT2D eigenvalue weighted by molar-refractivity contribution is 5.29. The molecule has 0 aromatic heterocycles. The summed E-state index contributed by atoms with van der Waals surface area (Å²) in [6.45, 7) is 0. The van der Waals surface area contributed by atoms with Gasteiger partial charge in [-0.1, -0.05) is 12.1 Å². The summed E-state index contributed by atoms with van der Waals surface area (Å²) in [5.41, 5.74) is 1.11. The Morgan fingerprint density at radius 1 is 1.58 bits per heavy atom. The average Bonchev–Trinajstić information content (AvgIpc) is 2.84. The summed E-state index contributed by atoms with van der Waals surface area (Å²) in [5, 5.41) is 3.22. The molecule has 1 aromatic carbocycles. The Bertz CT molecular complexity index is 292. The van der Waals surface area contributed by atoms with Crippen molar-refractivity contribution in [3.05, 3.63) is 35.6 Å². The highest BCUT2D eigenvalue weighted by Crippen LogP contribution is 2.44. The van der Waals surface area contributed by atoms with Crippen LogP contribution in [-0.4, -0.2) is 7.05 Å². The van der Waals surface area contributed by atoms with Gasteiger partial charge in [-0.05, 0) is 31.5 Å². The number of halogens is 1. The summed E-state index contributed by atoms with van der Waals surface area (Å²) in [7, 11) is 1.92. The molecule has 0 saturated heterocycles. The summed E-state index contributed by atoms with van der Waals surface area (Å²) in [4.78, 5) is 0. The Labute approximate surface area is 71.6 Å². The molecule has 1 N–H and O–H groups in total. The van der Waals surface area contributed by atoms with Gasteiger partial charge in [0.15, 0.2) is 0 Å². The molecule has 1 fully saturated rings. The van der Waals surface area contributed by atoms with Crippen LogP contribution in [-0.2, 0) is 5.54 Å². The Hall–Kier alpha value is -0.890. The first-order chi connectivity index (χ1) is 5.77. The van der Waals surface area contributed by atoms with Crippen LogP contribution in [0.3, 0.4) is 0 Å². The smallest absolute Gasteiger partial charge is 0.131 e. The quantitative estimate of drug-likeness (QED) is 0.703. The van der Waals surface area contributed by atoms with E-state index in [1.165, 1.54) is 0 Å². The number of rotatable bonds is 2. The van der Waals surface area contributed by atoms with Crippen molar-refractivity contribution in [2.24, 2.45) is 0 Å². The zero-order valence-electron chi connectivity index (χ0n) is 7.02. The molecule has 63 valence electrons. The van der Waals surface area contributed by atoms with Crippen molar-refractivity contribution in [1.29, 1.82) is 0 Å². The summed E-state index contributed by atoms with van der Waals surface area (Å²) in [6, 6.07) is 7.62. The second-order valence-corrected chi connectivity index (χ2v) is 3.26. The van der Waals surface area contributed by atoms with Crippen LogP contribution in [0.1, 0.15) is 18.4 Å². The van der Waals surface area contributed by atoms with Gasteiger partial charge in [-0.3, -0.25) is 0 Å². The van der Waals surface area contributed by atoms with Crippen molar-refractivity contribution in [2.45, 2.75) is 18.4 Å². The van der Waals surface area contributed by atoms with Crippen LogP contribution in [0.2, 0.25) is 0 Å². The fourth-order valence-electron chi connectivity index (χ4n) is 1.54. The topological polar surface area (TPSA) is 12.0 Å². The van der Waals surface area contributed by atoms with Crippen LogP contribution in [0.15, 0.2) is 18.2 Å². The number of nitrogens with one attached hydrogen (secondary N) is 1. The van der Waals surface area contributed by atoms with E-state index >= 15 is 0 Å². The zero-order chi connectivity index (χ0) is 8.60. The molecule has 1 aromatic rings. The van der Waals surface area contributed by atoms with Crippen LogP contribution >= 0.6 is 0 Å². The molecule has 1 saturated carbocycles. The number of hydrogen-bond donors (Lipinski definition) is 1. The minimum Gasteiger partial charge on any atom is -0.310 e. The molecular formula is C10H11FN. The van der Waals surface area contributed by atoms with E-state index in [0.29, 0.717) is 0 Å². The molecule has 1 nitrogen and oxygen atoms in total. The first-order valence-electron chi connectivity index (χ1n) is 4.13. The highest BCUT2D eigenvalue weighted by Gasteiger charge is 2.42. The molecule has 2 rings (SSSR count). The lowest BCUT2D eigenvalue weighted by Gasteiger charge is -2.13. The van der Waals surface area contributed by atoms with Gasteiger partial charge in [-0.15, -0.1) is 0 Å². The maximum absolute atomic E-state index is 12.8. The van der Waals surface area contributed by atoms with E-state index in [4.69, 9.17) is 0 Å². The fraction of sp³-hybridized carbons (Fsp3) is 0.400. The minimum absolute atomic E-state index is 0.0654. The van der Waals surface area contributed by atoms with Gasteiger partial charge < -0.3 is 5.32 Å². The second-order valence-electron chi connectivity index (χ2n) is 3.26. The molecule has 1 aliphatic rings. The number of hydrogen-bond acceptors (Lipinski definition) is 1. The van der Waals surface area contributed by atoms with E-state index in [1.54, 1.807) is 12.1 Å².